The Kier molecular flexibility index (Phi) is 2.50. The summed E-state index contributed by atoms with van der Waals surface area (Å²) in [5, 5.41) is 7.02. The van der Waals surface area contributed by atoms with E-state index < -0.39 is 0 Å². The molecule has 1 N–H and O–H groups in total. The second kappa shape index (κ2) is 3.79. The van der Waals surface area contributed by atoms with Crippen molar-refractivity contribution in [1.82, 2.24) is 0 Å². The molecule has 0 aliphatic heterocycles. The molecular weight excluding hydrogens is 178 g/mol. The highest BCUT2D eigenvalue weighted by molar-refractivity contribution is 8.15. The van der Waals surface area contributed by atoms with Crippen molar-refractivity contribution in [3.8, 4) is 0 Å². The van der Waals surface area contributed by atoms with Gasteiger partial charge in [-0.3, -0.25) is 0 Å². The van der Waals surface area contributed by atoms with Gasteiger partial charge in [0.05, 0.1) is 5.55 Å². The van der Waals surface area contributed by atoms with Gasteiger partial charge in [0.25, 0.3) is 0 Å². The number of allylic oxidation sites excluding steroid dienone is 1. The predicted molar refractivity (Wildman–Crippen MR) is 59.1 cm³/mol. The molecule has 1 aliphatic carbocycles. The minimum Gasteiger partial charge on any atom is -0.302 e. The van der Waals surface area contributed by atoms with E-state index in [1.54, 1.807) is 0 Å². The molecule has 0 fully saturated rings. The number of rotatable bonds is 2. The number of hydrogen-bond acceptors (Lipinski definition) is 2. The Morgan fingerprint density at radius 2 is 2.08 bits per heavy atom. The van der Waals surface area contributed by atoms with Crippen molar-refractivity contribution in [3.63, 3.8) is 0 Å². The zero-order valence-corrected chi connectivity index (χ0v) is 8.10. The second-order valence-corrected chi connectivity index (χ2v) is 4.04. The van der Waals surface area contributed by atoms with Crippen molar-refractivity contribution in [1.29, 1.82) is 5.41 Å². The van der Waals surface area contributed by atoms with Crippen LogP contribution in [0.15, 0.2) is 29.2 Å². The number of hydrogen-bond donors (Lipinski definition) is 1. The molecule has 0 aromatic heterocycles. The summed E-state index contributed by atoms with van der Waals surface area (Å²) in [6.45, 7) is 0. The Hall–Kier alpha value is -1.02. The van der Waals surface area contributed by atoms with Crippen LogP contribution in [0.1, 0.15) is 17.5 Å². The van der Waals surface area contributed by atoms with Crippen LogP contribution >= 0.6 is 11.8 Å². The third-order valence-electron chi connectivity index (χ3n) is 2.22. The average molecular weight is 189 g/mol. The Morgan fingerprint density at radius 3 is 2.92 bits per heavy atom. The molecule has 0 amide bonds. The predicted octanol–water partition coefficient (Wildman–Crippen LogP) is 3.31. The molecule has 2 heteroatoms. The van der Waals surface area contributed by atoms with Gasteiger partial charge in [0, 0.05) is 0 Å². The van der Waals surface area contributed by atoms with Crippen molar-refractivity contribution in [2.45, 2.75) is 12.8 Å². The Morgan fingerprint density at radius 1 is 1.23 bits per heavy atom. The summed E-state index contributed by atoms with van der Waals surface area (Å²) in [7, 11) is 0. The normalized spacial score (nSPS) is 14.6. The first-order valence-corrected chi connectivity index (χ1v) is 5.22. The lowest BCUT2D eigenvalue weighted by atomic mass is 9.98. The molecule has 1 aromatic rings. The van der Waals surface area contributed by atoms with Crippen molar-refractivity contribution in [2.75, 3.05) is 0 Å². The average Bonchev–Trinajstić information content (AvgIpc) is 2.18. The standard InChI is InChI=1S/C11H11NS/c12-8-13-11-6-5-9-3-1-2-4-10(9)7-11/h1-4,7-8,12H,5-6H2. The number of benzene rings is 1. The van der Waals surface area contributed by atoms with Crippen LogP contribution in [0.3, 0.4) is 0 Å². The van der Waals surface area contributed by atoms with Crippen molar-refractivity contribution in [2.24, 2.45) is 0 Å². The van der Waals surface area contributed by atoms with E-state index in [1.807, 2.05) is 0 Å². The van der Waals surface area contributed by atoms with Gasteiger partial charge in [-0.05, 0) is 34.9 Å². The first kappa shape index (κ1) is 8.57. The highest BCUT2D eigenvalue weighted by atomic mass is 32.2. The fraction of sp³-hybridized carbons (Fsp3) is 0.182. The van der Waals surface area contributed by atoms with Gasteiger partial charge in [-0.1, -0.05) is 36.0 Å². The number of nitrogens with one attached hydrogen (secondary N) is 1. The molecule has 1 aliphatic rings. The zero-order valence-electron chi connectivity index (χ0n) is 7.29. The first-order chi connectivity index (χ1) is 6.40. The van der Waals surface area contributed by atoms with E-state index in [9.17, 15) is 0 Å². The summed E-state index contributed by atoms with van der Waals surface area (Å²) in [4.78, 5) is 1.30. The van der Waals surface area contributed by atoms with Crippen molar-refractivity contribution in [3.05, 3.63) is 40.3 Å². The molecule has 1 aromatic carbocycles. The second-order valence-electron chi connectivity index (χ2n) is 3.05. The van der Waals surface area contributed by atoms with Crippen LogP contribution in [0.25, 0.3) is 6.08 Å². The van der Waals surface area contributed by atoms with Crippen LogP contribution in [0.2, 0.25) is 0 Å². The van der Waals surface area contributed by atoms with Gasteiger partial charge < -0.3 is 5.41 Å². The van der Waals surface area contributed by atoms with Crippen LogP contribution in [0.5, 0.6) is 0 Å². The van der Waals surface area contributed by atoms with E-state index in [4.69, 9.17) is 5.41 Å². The highest BCUT2D eigenvalue weighted by Gasteiger charge is 2.08. The Labute approximate surface area is 82.4 Å². The zero-order chi connectivity index (χ0) is 9.10. The third kappa shape index (κ3) is 1.83. The van der Waals surface area contributed by atoms with E-state index in [1.165, 1.54) is 33.3 Å². The van der Waals surface area contributed by atoms with Crippen LogP contribution in [0, 0.1) is 5.41 Å². The molecule has 2 rings (SSSR count). The van der Waals surface area contributed by atoms with Gasteiger partial charge in [-0.2, -0.15) is 0 Å². The molecule has 0 unspecified atom stereocenters. The summed E-state index contributed by atoms with van der Waals surface area (Å²) >= 11 is 1.52. The van der Waals surface area contributed by atoms with E-state index in [-0.39, 0.29) is 0 Å². The molecule has 0 spiro atoms. The van der Waals surface area contributed by atoms with Crippen LogP contribution < -0.4 is 0 Å². The number of aryl methyl sites for hydroxylation is 1. The summed E-state index contributed by atoms with van der Waals surface area (Å²) in [6.07, 6.45) is 4.38. The Balaban J connectivity index is 2.32. The molecule has 0 radical (unpaired) electrons. The Bertz CT molecular complexity index is 355. The summed E-state index contributed by atoms with van der Waals surface area (Å²) in [5.41, 5.74) is 4.15. The van der Waals surface area contributed by atoms with Crippen LogP contribution in [0.4, 0.5) is 0 Å². The van der Waals surface area contributed by atoms with E-state index in [0.717, 1.165) is 12.8 Å². The molecule has 0 saturated heterocycles. The van der Waals surface area contributed by atoms with E-state index >= 15 is 0 Å². The molecular formula is C11H11NS. The summed E-state index contributed by atoms with van der Waals surface area (Å²) in [5.74, 6) is 0. The maximum atomic E-state index is 7.02. The molecule has 13 heavy (non-hydrogen) atoms. The van der Waals surface area contributed by atoms with Gasteiger partial charge in [0.15, 0.2) is 0 Å². The lowest BCUT2D eigenvalue weighted by Crippen LogP contribution is -1.96. The van der Waals surface area contributed by atoms with Gasteiger partial charge in [-0.15, -0.1) is 0 Å². The SMILES string of the molecule is N=CSC1=Cc2ccccc2CC1. The van der Waals surface area contributed by atoms with Gasteiger partial charge in [0.1, 0.15) is 0 Å². The lowest BCUT2D eigenvalue weighted by Gasteiger charge is -2.13. The molecule has 0 atom stereocenters. The largest absolute Gasteiger partial charge is 0.302 e. The first-order valence-electron chi connectivity index (χ1n) is 4.34. The molecule has 1 nitrogen and oxygen atoms in total. The minimum atomic E-state index is 1.08. The van der Waals surface area contributed by atoms with E-state index in [0.29, 0.717) is 0 Å². The van der Waals surface area contributed by atoms with Gasteiger partial charge in [-0.25, -0.2) is 0 Å². The van der Waals surface area contributed by atoms with Crippen molar-refractivity contribution < 1.29 is 0 Å². The quantitative estimate of drug-likeness (QED) is 0.560. The summed E-state index contributed by atoms with van der Waals surface area (Å²) in [6, 6.07) is 8.46. The number of thioether (sulfide) groups is 1. The minimum absolute atomic E-state index is 1.08. The topological polar surface area (TPSA) is 23.9 Å². The maximum absolute atomic E-state index is 7.02. The lowest BCUT2D eigenvalue weighted by molar-refractivity contribution is 0.974. The van der Waals surface area contributed by atoms with Gasteiger partial charge in [0.2, 0.25) is 0 Å². The van der Waals surface area contributed by atoms with E-state index in [2.05, 4.69) is 30.3 Å². The molecule has 66 valence electrons. The monoisotopic (exact) mass is 189 g/mol. The summed E-state index contributed by atoms with van der Waals surface area (Å²) < 4.78 is 0. The molecule has 0 heterocycles. The number of fused-ring (bicyclic) bond motifs is 1. The molecule has 0 bridgehead atoms. The fourth-order valence-electron chi connectivity index (χ4n) is 1.57. The highest BCUT2D eigenvalue weighted by Crippen LogP contribution is 2.29. The van der Waals surface area contributed by atoms with Gasteiger partial charge >= 0.3 is 0 Å². The van der Waals surface area contributed by atoms with Crippen LogP contribution in [-0.2, 0) is 6.42 Å². The third-order valence-corrected chi connectivity index (χ3v) is 2.97. The maximum Gasteiger partial charge on any atom is 0.0551 e. The fourth-order valence-corrected chi connectivity index (χ4v) is 2.14. The smallest absolute Gasteiger partial charge is 0.0551 e. The van der Waals surface area contributed by atoms with Crippen LogP contribution in [-0.4, -0.2) is 5.55 Å². The van der Waals surface area contributed by atoms with Crippen molar-refractivity contribution >= 4 is 23.4 Å². The molecule has 0 saturated carbocycles.